The van der Waals surface area contributed by atoms with Gasteiger partial charge in [0.15, 0.2) is 5.82 Å². The van der Waals surface area contributed by atoms with E-state index in [-0.39, 0.29) is 17.9 Å². The average molecular weight is 475 g/mol. The molecule has 35 heavy (non-hydrogen) atoms. The van der Waals surface area contributed by atoms with Crippen LogP contribution in [0.2, 0.25) is 0 Å². The fraction of sp³-hybridized carbons (Fsp3) is 0.464. The molecule has 0 unspecified atom stereocenters. The van der Waals surface area contributed by atoms with Crippen molar-refractivity contribution in [3.63, 3.8) is 0 Å². The third-order valence-corrected chi connectivity index (χ3v) is 7.64. The maximum absolute atomic E-state index is 13.9. The number of hydrogen-bond donors (Lipinski definition) is 1. The highest BCUT2D eigenvalue weighted by Gasteiger charge is 2.49. The molecule has 1 aliphatic carbocycles. The lowest BCUT2D eigenvalue weighted by Crippen LogP contribution is -2.65. The van der Waals surface area contributed by atoms with Crippen LogP contribution in [0.15, 0.2) is 48.5 Å². The molecular formula is C28H34N4O3. The summed E-state index contributed by atoms with van der Waals surface area (Å²) in [6, 6.07) is 15.6. The highest BCUT2D eigenvalue weighted by atomic mass is 16.5. The van der Waals surface area contributed by atoms with Crippen LogP contribution in [0.25, 0.3) is 11.0 Å². The molecule has 2 aliphatic rings. The van der Waals surface area contributed by atoms with E-state index in [0.29, 0.717) is 31.4 Å². The van der Waals surface area contributed by atoms with Crippen molar-refractivity contribution in [3.8, 4) is 5.75 Å². The maximum Gasteiger partial charge on any atom is 0.291 e. The minimum atomic E-state index is -1.05. The lowest BCUT2D eigenvalue weighted by molar-refractivity contribution is -0.134. The predicted molar refractivity (Wildman–Crippen MR) is 135 cm³/mol. The SMILES string of the molecule is CCOc1ccc(CN2C(=O)c3nc4ccccc4n3C[C@]2(C)C(=O)N[C@@H]2CCCC[C@H]2C)cc1. The third-order valence-electron chi connectivity index (χ3n) is 7.64. The van der Waals surface area contributed by atoms with Gasteiger partial charge in [0.1, 0.15) is 11.3 Å². The number of ether oxygens (including phenoxy) is 1. The number of hydrogen-bond acceptors (Lipinski definition) is 4. The van der Waals surface area contributed by atoms with Gasteiger partial charge in [0.25, 0.3) is 5.91 Å². The summed E-state index contributed by atoms with van der Waals surface area (Å²) in [5.74, 6) is 1.28. The number of nitrogens with zero attached hydrogens (tertiary/aromatic N) is 3. The van der Waals surface area contributed by atoms with Crippen LogP contribution in [-0.4, -0.2) is 44.5 Å². The second kappa shape index (κ2) is 9.36. The van der Waals surface area contributed by atoms with Crippen LogP contribution in [0.5, 0.6) is 5.75 Å². The summed E-state index contributed by atoms with van der Waals surface area (Å²) in [6.45, 7) is 7.32. The van der Waals surface area contributed by atoms with Gasteiger partial charge in [-0.3, -0.25) is 9.59 Å². The molecule has 1 saturated carbocycles. The van der Waals surface area contributed by atoms with E-state index in [1.54, 1.807) is 4.90 Å². The van der Waals surface area contributed by atoms with Crippen molar-refractivity contribution in [2.24, 2.45) is 5.92 Å². The molecule has 3 aromatic rings. The molecule has 0 radical (unpaired) electrons. The van der Waals surface area contributed by atoms with E-state index in [1.165, 1.54) is 6.42 Å². The van der Waals surface area contributed by atoms with Gasteiger partial charge in [0.2, 0.25) is 5.91 Å². The number of carbonyl (C=O) groups excluding carboxylic acids is 2. The molecule has 0 spiro atoms. The number of aromatic nitrogens is 2. The van der Waals surface area contributed by atoms with Crippen LogP contribution in [0.4, 0.5) is 0 Å². The van der Waals surface area contributed by atoms with Crippen molar-refractivity contribution in [2.75, 3.05) is 6.61 Å². The van der Waals surface area contributed by atoms with Gasteiger partial charge in [-0.2, -0.15) is 0 Å². The molecule has 2 aromatic carbocycles. The van der Waals surface area contributed by atoms with E-state index in [1.807, 2.05) is 66.9 Å². The van der Waals surface area contributed by atoms with Gasteiger partial charge in [0.05, 0.1) is 24.2 Å². The Morgan fingerprint density at radius 3 is 2.63 bits per heavy atom. The fourth-order valence-corrected chi connectivity index (χ4v) is 5.47. The summed E-state index contributed by atoms with van der Waals surface area (Å²) in [5.41, 5.74) is 1.53. The minimum absolute atomic E-state index is 0.0982. The Bertz CT molecular complexity index is 1230. The lowest BCUT2D eigenvalue weighted by atomic mass is 9.85. The first-order valence-electron chi connectivity index (χ1n) is 12.7. The van der Waals surface area contributed by atoms with Gasteiger partial charge >= 0.3 is 0 Å². The zero-order valence-electron chi connectivity index (χ0n) is 20.8. The van der Waals surface area contributed by atoms with Gasteiger partial charge in [-0.15, -0.1) is 0 Å². The summed E-state index contributed by atoms with van der Waals surface area (Å²) in [4.78, 5) is 34.1. The van der Waals surface area contributed by atoms with Crippen LogP contribution >= 0.6 is 0 Å². The first kappa shape index (κ1) is 23.4. The number of fused-ring (bicyclic) bond motifs is 3. The van der Waals surface area contributed by atoms with Crippen LogP contribution in [0.3, 0.4) is 0 Å². The van der Waals surface area contributed by atoms with Gasteiger partial charge < -0.3 is 19.5 Å². The summed E-state index contributed by atoms with van der Waals surface area (Å²) < 4.78 is 7.48. The molecule has 5 rings (SSSR count). The average Bonchev–Trinajstić information content (AvgIpc) is 3.23. The van der Waals surface area contributed by atoms with Gasteiger partial charge in [-0.05, 0) is 62.4 Å². The molecule has 0 bridgehead atoms. The molecule has 1 fully saturated rings. The molecule has 2 amide bonds. The Morgan fingerprint density at radius 2 is 1.89 bits per heavy atom. The molecule has 1 aromatic heterocycles. The van der Waals surface area contributed by atoms with E-state index in [0.717, 1.165) is 41.6 Å². The number of imidazole rings is 1. The van der Waals surface area contributed by atoms with Crippen molar-refractivity contribution >= 4 is 22.8 Å². The van der Waals surface area contributed by atoms with Crippen molar-refractivity contribution in [3.05, 3.63) is 59.9 Å². The Kier molecular flexibility index (Phi) is 6.26. The summed E-state index contributed by atoms with van der Waals surface area (Å²) in [5, 5.41) is 3.33. The van der Waals surface area contributed by atoms with Crippen molar-refractivity contribution in [2.45, 2.75) is 71.1 Å². The van der Waals surface area contributed by atoms with Crippen molar-refractivity contribution in [1.82, 2.24) is 19.8 Å². The van der Waals surface area contributed by atoms with Crippen LogP contribution in [-0.2, 0) is 17.9 Å². The van der Waals surface area contributed by atoms with Crippen LogP contribution in [0.1, 0.15) is 62.6 Å². The molecule has 184 valence electrons. The standard InChI is InChI=1S/C28H34N4O3/c1-4-35-21-15-13-20(14-16-21)17-32-26(33)25-29-23-11-7-8-12-24(23)31(25)18-28(32,3)27(34)30-22-10-6-5-9-19(22)2/h7-8,11-16,19,22H,4-6,9-10,17-18H2,1-3H3,(H,30,34)/t19-,22-,28-/m1/s1. The minimum Gasteiger partial charge on any atom is -0.494 e. The van der Waals surface area contributed by atoms with E-state index in [4.69, 9.17) is 4.74 Å². The van der Waals surface area contributed by atoms with Gasteiger partial charge in [-0.25, -0.2) is 4.98 Å². The van der Waals surface area contributed by atoms with Crippen molar-refractivity contribution in [1.29, 1.82) is 0 Å². The Balaban J connectivity index is 1.51. The summed E-state index contributed by atoms with van der Waals surface area (Å²) in [6.07, 6.45) is 4.43. The maximum atomic E-state index is 13.9. The number of amides is 2. The molecule has 2 heterocycles. The number of carbonyl (C=O) groups is 2. The second-order valence-electron chi connectivity index (χ2n) is 10.1. The largest absolute Gasteiger partial charge is 0.494 e. The van der Waals surface area contributed by atoms with Crippen LogP contribution in [0, 0.1) is 5.92 Å². The van der Waals surface area contributed by atoms with Crippen LogP contribution < -0.4 is 10.1 Å². The molecule has 1 N–H and O–H groups in total. The lowest BCUT2D eigenvalue weighted by Gasteiger charge is -2.44. The Labute approximate surface area is 206 Å². The first-order valence-corrected chi connectivity index (χ1v) is 12.7. The van der Waals surface area contributed by atoms with Crippen molar-refractivity contribution < 1.29 is 14.3 Å². The Morgan fingerprint density at radius 1 is 1.14 bits per heavy atom. The summed E-state index contributed by atoms with van der Waals surface area (Å²) >= 11 is 0. The number of rotatable bonds is 6. The molecular weight excluding hydrogens is 440 g/mol. The normalized spacial score (nSPS) is 24.3. The smallest absolute Gasteiger partial charge is 0.291 e. The number of nitrogens with one attached hydrogen (secondary N) is 1. The van der Waals surface area contributed by atoms with E-state index < -0.39 is 5.54 Å². The molecule has 0 saturated heterocycles. The molecule has 7 nitrogen and oxygen atoms in total. The zero-order chi connectivity index (χ0) is 24.6. The summed E-state index contributed by atoms with van der Waals surface area (Å²) in [7, 11) is 0. The second-order valence-corrected chi connectivity index (χ2v) is 10.1. The molecule has 1 aliphatic heterocycles. The monoisotopic (exact) mass is 474 g/mol. The topological polar surface area (TPSA) is 76.5 Å². The number of benzene rings is 2. The first-order chi connectivity index (χ1) is 16.9. The fourth-order valence-electron chi connectivity index (χ4n) is 5.47. The highest BCUT2D eigenvalue weighted by Crippen LogP contribution is 2.33. The number of para-hydroxylation sites is 2. The molecule has 7 heteroatoms. The zero-order valence-corrected chi connectivity index (χ0v) is 20.8. The molecule has 3 atom stereocenters. The van der Waals surface area contributed by atoms with E-state index >= 15 is 0 Å². The van der Waals surface area contributed by atoms with E-state index in [2.05, 4.69) is 17.2 Å². The predicted octanol–water partition coefficient (Wildman–Crippen LogP) is 4.54. The highest BCUT2D eigenvalue weighted by molar-refractivity contribution is 6.01. The quantitative estimate of drug-likeness (QED) is 0.569. The van der Waals surface area contributed by atoms with Gasteiger partial charge in [0, 0.05) is 12.6 Å². The third kappa shape index (κ3) is 4.28. The van der Waals surface area contributed by atoms with E-state index in [9.17, 15) is 9.59 Å². The Hall–Kier alpha value is -3.35. The van der Waals surface area contributed by atoms with Gasteiger partial charge in [-0.1, -0.05) is 44.0 Å².